The Morgan fingerprint density at radius 3 is 2.55 bits per heavy atom. The Hall–Kier alpha value is -4.46. The third-order valence-electron chi connectivity index (χ3n) is 6.31. The van der Waals surface area contributed by atoms with Gasteiger partial charge in [0.2, 0.25) is 0 Å². The quantitative estimate of drug-likeness (QED) is 0.210. The maximum Gasteiger partial charge on any atom is 0.416 e. The highest BCUT2D eigenvalue weighted by molar-refractivity contribution is 5.85. The Kier molecular flexibility index (Phi) is 8.38. The monoisotopic (exact) mass is 565 g/mol. The number of nitrogens with zero attached hydrogens (tertiary/aromatic N) is 5. The molecule has 2 heterocycles. The Labute approximate surface area is 234 Å². The number of hydrogen-bond donors (Lipinski definition) is 0. The smallest absolute Gasteiger partial charge is 0.359 e. The normalized spacial score (nSPS) is 12.0. The molecule has 0 fully saturated rings. The van der Waals surface area contributed by atoms with Crippen molar-refractivity contribution in [2.45, 2.75) is 25.8 Å². The summed E-state index contributed by atoms with van der Waals surface area (Å²) in [6.07, 6.45) is -1.77. The number of benzene rings is 3. The van der Waals surface area contributed by atoms with Crippen LogP contribution in [0.25, 0.3) is 22.6 Å². The van der Waals surface area contributed by atoms with Crippen LogP contribution in [0.5, 0.6) is 0 Å². The van der Waals surface area contributed by atoms with Gasteiger partial charge >= 0.3 is 6.18 Å². The third kappa shape index (κ3) is 5.91. The zero-order valence-electron chi connectivity index (χ0n) is 21.4. The molecule has 0 aliphatic rings. The number of nitriles is 1. The molecule has 0 radical (unpaired) electrons. The summed E-state index contributed by atoms with van der Waals surface area (Å²) in [4.78, 5) is 8.45. The van der Waals surface area contributed by atoms with Crippen LogP contribution in [0.1, 0.15) is 39.9 Å². The van der Waals surface area contributed by atoms with E-state index in [0.717, 1.165) is 40.1 Å². The first-order valence-electron chi connectivity index (χ1n) is 11.9. The van der Waals surface area contributed by atoms with Gasteiger partial charge in [-0.25, -0.2) is 4.98 Å². The molecule has 0 aliphatic carbocycles. The SMILES string of the molecule is Cc1ccccc1-c1cc(C(OCc2noc(-c3cccc(C(F)(F)F)c3)n2)c2cncn2C)ccc1C#N.Cl. The van der Waals surface area contributed by atoms with Crippen molar-refractivity contribution in [3.05, 3.63) is 113 Å². The minimum absolute atomic E-state index is 0. The Morgan fingerprint density at radius 1 is 1.05 bits per heavy atom. The molecule has 204 valence electrons. The van der Waals surface area contributed by atoms with Crippen LogP contribution >= 0.6 is 12.4 Å². The number of rotatable bonds is 7. The summed E-state index contributed by atoms with van der Waals surface area (Å²) in [5, 5.41) is 13.7. The van der Waals surface area contributed by atoms with Gasteiger partial charge in [-0.3, -0.25) is 0 Å². The summed E-state index contributed by atoms with van der Waals surface area (Å²) in [5.41, 5.74) is 4.13. The van der Waals surface area contributed by atoms with Crippen LogP contribution in [0, 0.1) is 18.3 Å². The number of halogens is 4. The van der Waals surface area contributed by atoms with E-state index in [1.54, 1.807) is 18.6 Å². The number of imidazole rings is 1. The van der Waals surface area contributed by atoms with E-state index in [2.05, 4.69) is 21.2 Å². The predicted molar refractivity (Wildman–Crippen MR) is 143 cm³/mol. The molecule has 0 spiro atoms. The van der Waals surface area contributed by atoms with Gasteiger partial charge in [-0.15, -0.1) is 12.4 Å². The highest BCUT2D eigenvalue weighted by atomic mass is 35.5. The minimum atomic E-state index is -4.49. The number of alkyl halides is 3. The molecule has 0 N–H and O–H groups in total. The first-order valence-corrected chi connectivity index (χ1v) is 11.9. The first kappa shape index (κ1) is 28.5. The largest absolute Gasteiger partial charge is 0.416 e. The maximum atomic E-state index is 13.1. The molecule has 40 heavy (non-hydrogen) atoms. The van der Waals surface area contributed by atoms with Crippen molar-refractivity contribution in [2.24, 2.45) is 7.05 Å². The Morgan fingerprint density at radius 2 is 1.85 bits per heavy atom. The lowest BCUT2D eigenvalue weighted by Crippen LogP contribution is -2.11. The number of aromatic nitrogens is 4. The summed E-state index contributed by atoms with van der Waals surface area (Å²) in [6, 6.07) is 20.3. The van der Waals surface area contributed by atoms with Crippen molar-refractivity contribution in [3.63, 3.8) is 0 Å². The molecule has 0 saturated carbocycles. The topological polar surface area (TPSA) is 89.8 Å². The molecular weight excluding hydrogens is 543 g/mol. The van der Waals surface area contributed by atoms with E-state index in [-0.39, 0.29) is 36.3 Å². The average molecular weight is 566 g/mol. The van der Waals surface area contributed by atoms with Gasteiger partial charge < -0.3 is 13.8 Å². The fourth-order valence-electron chi connectivity index (χ4n) is 4.31. The molecule has 7 nitrogen and oxygen atoms in total. The number of aryl methyl sites for hydroxylation is 2. The van der Waals surface area contributed by atoms with E-state index in [1.165, 1.54) is 12.1 Å². The molecule has 0 aliphatic heterocycles. The van der Waals surface area contributed by atoms with Crippen molar-refractivity contribution >= 4 is 12.4 Å². The van der Waals surface area contributed by atoms with E-state index < -0.39 is 17.8 Å². The molecule has 5 rings (SSSR count). The summed E-state index contributed by atoms with van der Waals surface area (Å²) in [6.45, 7) is 1.90. The summed E-state index contributed by atoms with van der Waals surface area (Å²) in [7, 11) is 1.84. The van der Waals surface area contributed by atoms with Gasteiger partial charge in [0.05, 0.1) is 35.4 Å². The fraction of sp³-hybridized carbons (Fsp3) is 0.172. The van der Waals surface area contributed by atoms with Gasteiger partial charge in [0.15, 0.2) is 5.82 Å². The molecule has 0 saturated heterocycles. The number of hydrogen-bond acceptors (Lipinski definition) is 6. The van der Waals surface area contributed by atoms with Gasteiger partial charge in [0.25, 0.3) is 5.89 Å². The second-order valence-corrected chi connectivity index (χ2v) is 8.95. The molecule has 3 aromatic carbocycles. The lowest BCUT2D eigenvalue weighted by atomic mass is 9.93. The van der Waals surface area contributed by atoms with Crippen LogP contribution in [0.4, 0.5) is 13.2 Å². The Bertz CT molecular complexity index is 1670. The van der Waals surface area contributed by atoms with Crippen LogP contribution in [0.3, 0.4) is 0 Å². The maximum absolute atomic E-state index is 13.1. The van der Waals surface area contributed by atoms with Crippen molar-refractivity contribution in [2.75, 3.05) is 0 Å². The molecule has 2 aromatic heterocycles. The van der Waals surface area contributed by atoms with Crippen LogP contribution in [0.2, 0.25) is 0 Å². The fourth-order valence-corrected chi connectivity index (χ4v) is 4.31. The molecule has 1 unspecified atom stereocenters. The van der Waals surface area contributed by atoms with Crippen LogP contribution in [-0.4, -0.2) is 19.7 Å². The van der Waals surface area contributed by atoms with Crippen molar-refractivity contribution in [1.29, 1.82) is 5.26 Å². The molecule has 5 aromatic rings. The first-order chi connectivity index (χ1) is 18.7. The van der Waals surface area contributed by atoms with Gasteiger partial charge in [0, 0.05) is 18.2 Å². The standard InChI is InChI=1S/C29H22F3N5O2.ClH/c1-18-6-3-4-9-23(18)24-13-19(10-11-21(24)14-33)27(25-15-34-17-37(25)2)38-16-26-35-28(39-36-26)20-7-5-8-22(12-20)29(30,31)32;/h3-13,15,17,27H,16H2,1-2H3;1H. The van der Waals surface area contributed by atoms with Gasteiger partial charge in [-0.05, 0) is 53.9 Å². The van der Waals surface area contributed by atoms with Crippen LogP contribution in [0.15, 0.2) is 83.8 Å². The van der Waals surface area contributed by atoms with Gasteiger partial charge in [-0.1, -0.05) is 41.6 Å². The van der Waals surface area contributed by atoms with E-state index in [9.17, 15) is 18.4 Å². The summed E-state index contributed by atoms with van der Waals surface area (Å²) in [5.74, 6) is 0.124. The van der Waals surface area contributed by atoms with Crippen LogP contribution < -0.4 is 0 Å². The van der Waals surface area contributed by atoms with Crippen molar-refractivity contribution < 1.29 is 22.4 Å². The number of ether oxygens (including phenoxy) is 1. The second kappa shape index (κ2) is 11.7. The summed E-state index contributed by atoms with van der Waals surface area (Å²) < 4.78 is 52.7. The zero-order chi connectivity index (χ0) is 27.6. The highest BCUT2D eigenvalue weighted by Gasteiger charge is 2.31. The lowest BCUT2D eigenvalue weighted by molar-refractivity contribution is -0.137. The average Bonchev–Trinajstić information content (AvgIpc) is 3.58. The molecule has 1 atom stereocenters. The van der Waals surface area contributed by atoms with E-state index in [0.29, 0.717) is 5.56 Å². The second-order valence-electron chi connectivity index (χ2n) is 8.95. The van der Waals surface area contributed by atoms with E-state index in [1.807, 2.05) is 54.9 Å². The summed E-state index contributed by atoms with van der Waals surface area (Å²) >= 11 is 0. The lowest BCUT2D eigenvalue weighted by Gasteiger charge is -2.20. The third-order valence-corrected chi connectivity index (χ3v) is 6.31. The van der Waals surface area contributed by atoms with E-state index >= 15 is 0 Å². The van der Waals surface area contributed by atoms with Gasteiger partial charge in [-0.2, -0.15) is 23.4 Å². The minimum Gasteiger partial charge on any atom is -0.359 e. The van der Waals surface area contributed by atoms with Crippen molar-refractivity contribution in [1.82, 2.24) is 19.7 Å². The highest BCUT2D eigenvalue weighted by Crippen LogP contribution is 2.34. The van der Waals surface area contributed by atoms with Crippen LogP contribution in [-0.2, 0) is 24.6 Å². The molecular formula is C29H23ClF3N5O2. The molecule has 0 bridgehead atoms. The predicted octanol–water partition coefficient (Wildman–Crippen LogP) is 7.06. The molecule has 11 heteroatoms. The van der Waals surface area contributed by atoms with Crippen molar-refractivity contribution in [3.8, 4) is 28.7 Å². The Balaban J connectivity index is 0.00000370. The zero-order valence-corrected chi connectivity index (χ0v) is 22.2. The van der Waals surface area contributed by atoms with E-state index in [4.69, 9.17) is 9.26 Å². The van der Waals surface area contributed by atoms with Gasteiger partial charge in [0.1, 0.15) is 12.7 Å². The molecule has 0 amide bonds.